The van der Waals surface area contributed by atoms with Gasteiger partial charge in [0, 0.05) is 13.5 Å². The molecule has 1 amide bonds. The lowest BCUT2D eigenvalue weighted by atomic mass is 10.0. The van der Waals surface area contributed by atoms with Gasteiger partial charge in [0.2, 0.25) is 5.91 Å². The van der Waals surface area contributed by atoms with Crippen LogP contribution in [0.5, 0.6) is 0 Å². The average Bonchev–Trinajstić information content (AvgIpc) is 2.70. The minimum absolute atomic E-state index is 0.134. The highest BCUT2D eigenvalue weighted by molar-refractivity contribution is 7.17. The Hall–Kier alpha value is -1.27. The molecule has 0 unspecified atom stereocenters. The number of nitrogens with one attached hydrogen (secondary N) is 1. The molecule has 5 nitrogen and oxygen atoms in total. The predicted octanol–water partition coefficient (Wildman–Crippen LogP) is 1.64. The van der Waals surface area contributed by atoms with Crippen molar-refractivity contribution in [2.45, 2.75) is 25.7 Å². The summed E-state index contributed by atoms with van der Waals surface area (Å²) >= 11 is 1.27. The Morgan fingerprint density at radius 1 is 1.53 bits per heavy atom. The molecule has 0 radical (unpaired) electrons. The number of carbonyl (C=O) groups excluding carboxylic acids is 2. The van der Waals surface area contributed by atoms with Gasteiger partial charge in [0.1, 0.15) is 0 Å². The SMILES string of the molecule is COCCC(=O)Nc1nc2c(s1)C(=O)CCC2. The van der Waals surface area contributed by atoms with Crippen LogP contribution in [-0.4, -0.2) is 30.4 Å². The summed E-state index contributed by atoms with van der Waals surface area (Å²) in [6.45, 7) is 0.385. The monoisotopic (exact) mass is 254 g/mol. The fraction of sp³-hybridized carbons (Fsp3) is 0.545. The van der Waals surface area contributed by atoms with Crippen LogP contribution in [-0.2, 0) is 16.0 Å². The molecule has 6 heteroatoms. The smallest absolute Gasteiger partial charge is 0.228 e. The van der Waals surface area contributed by atoms with Crippen LogP contribution in [0, 0.1) is 0 Å². The number of nitrogens with zero attached hydrogens (tertiary/aromatic N) is 1. The van der Waals surface area contributed by atoms with E-state index >= 15 is 0 Å². The number of ether oxygens (including phenoxy) is 1. The third kappa shape index (κ3) is 2.89. The fourth-order valence-electron chi connectivity index (χ4n) is 1.70. The van der Waals surface area contributed by atoms with Gasteiger partial charge in [-0.25, -0.2) is 4.98 Å². The molecule has 1 aromatic heterocycles. The molecule has 1 aliphatic rings. The van der Waals surface area contributed by atoms with Crippen molar-refractivity contribution in [3.63, 3.8) is 0 Å². The van der Waals surface area contributed by atoms with Crippen LogP contribution in [0.15, 0.2) is 0 Å². The second-order valence-corrected chi connectivity index (χ2v) is 4.86. The summed E-state index contributed by atoms with van der Waals surface area (Å²) in [6.07, 6.45) is 2.57. The normalized spacial score (nSPS) is 14.5. The van der Waals surface area contributed by atoms with Crippen molar-refractivity contribution >= 4 is 28.2 Å². The summed E-state index contributed by atoms with van der Waals surface area (Å²) < 4.78 is 4.82. The minimum atomic E-state index is -0.134. The third-order valence-electron chi connectivity index (χ3n) is 2.55. The Morgan fingerprint density at radius 2 is 2.35 bits per heavy atom. The molecule has 1 N–H and O–H groups in total. The van der Waals surface area contributed by atoms with E-state index in [2.05, 4.69) is 10.3 Å². The van der Waals surface area contributed by atoms with Gasteiger partial charge in [0.05, 0.1) is 23.6 Å². The van der Waals surface area contributed by atoms with Crippen molar-refractivity contribution in [3.8, 4) is 0 Å². The van der Waals surface area contributed by atoms with Crippen LogP contribution in [0.3, 0.4) is 0 Å². The highest BCUT2D eigenvalue weighted by Crippen LogP contribution is 2.29. The van der Waals surface area contributed by atoms with E-state index in [1.54, 1.807) is 7.11 Å². The zero-order chi connectivity index (χ0) is 12.3. The van der Waals surface area contributed by atoms with E-state index in [-0.39, 0.29) is 11.7 Å². The van der Waals surface area contributed by atoms with Gasteiger partial charge in [-0.3, -0.25) is 9.59 Å². The first-order valence-electron chi connectivity index (χ1n) is 5.52. The predicted molar refractivity (Wildman–Crippen MR) is 64.5 cm³/mol. The quantitative estimate of drug-likeness (QED) is 0.886. The van der Waals surface area contributed by atoms with Crippen LogP contribution >= 0.6 is 11.3 Å². The molecule has 1 aliphatic carbocycles. The zero-order valence-electron chi connectivity index (χ0n) is 9.62. The van der Waals surface area contributed by atoms with Gasteiger partial charge in [0.25, 0.3) is 0 Å². The van der Waals surface area contributed by atoms with E-state index in [1.165, 1.54) is 11.3 Å². The number of fused-ring (bicyclic) bond motifs is 1. The molecule has 92 valence electrons. The highest BCUT2D eigenvalue weighted by Gasteiger charge is 2.22. The van der Waals surface area contributed by atoms with Gasteiger partial charge in [-0.05, 0) is 12.8 Å². The number of hydrogen-bond donors (Lipinski definition) is 1. The van der Waals surface area contributed by atoms with E-state index in [0.717, 1.165) is 18.5 Å². The number of amides is 1. The number of anilines is 1. The first kappa shape index (κ1) is 12.2. The number of methoxy groups -OCH3 is 1. The van der Waals surface area contributed by atoms with E-state index < -0.39 is 0 Å². The number of rotatable bonds is 4. The highest BCUT2D eigenvalue weighted by atomic mass is 32.1. The van der Waals surface area contributed by atoms with Crippen LogP contribution < -0.4 is 5.32 Å². The lowest BCUT2D eigenvalue weighted by Crippen LogP contribution is -2.13. The summed E-state index contributed by atoms with van der Waals surface area (Å²) in [5, 5.41) is 3.21. The zero-order valence-corrected chi connectivity index (χ0v) is 10.4. The topological polar surface area (TPSA) is 68.3 Å². The number of aromatic nitrogens is 1. The maximum atomic E-state index is 11.6. The summed E-state index contributed by atoms with van der Waals surface area (Å²) in [5.74, 6) is 0.00605. The Labute approximate surface area is 103 Å². The molecule has 0 fully saturated rings. The second kappa shape index (κ2) is 5.37. The first-order valence-corrected chi connectivity index (χ1v) is 6.34. The molecule has 0 saturated carbocycles. The molecule has 1 heterocycles. The van der Waals surface area contributed by atoms with Crippen LogP contribution in [0.1, 0.15) is 34.6 Å². The standard InChI is InChI=1S/C11H14N2O3S/c1-16-6-5-9(15)13-11-12-7-3-2-4-8(14)10(7)17-11/h2-6H2,1H3,(H,12,13,15). The molecule has 0 atom stereocenters. The molecular formula is C11H14N2O3S. The van der Waals surface area contributed by atoms with E-state index in [9.17, 15) is 9.59 Å². The minimum Gasteiger partial charge on any atom is -0.384 e. The maximum Gasteiger partial charge on any atom is 0.228 e. The van der Waals surface area contributed by atoms with Gasteiger partial charge in [-0.2, -0.15) is 0 Å². The van der Waals surface area contributed by atoms with Gasteiger partial charge < -0.3 is 10.1 Å². The summed E-state index contributed by atoms with van der Waals surface area (Å²) in [4.78, 5) is 28.0. The largest absolute Gasteiger partial charge is 0.384 e. The molecule has 1 aromatic rings. The number of hydrogen-bond acceptors (Lipinski definition) is 5. The third-order valence-corrected chi connectivity index (χ3v) is 3.60. The number of thiazole rings is 1. The number of Topliss-reactive ketones (excluding diaryl/α,β-unsaturated/α-hetero) is 1. The van der Waals surface area contributed by atoms with E-state index in [0.29, 0.717) is 29.5 Å². The molecule has 0 saturated heterocycles. The van der Waals surface area contributed by atoms with Crippen molar-refractivity contribution in [1.29, 1.82) is 0 Å². The molecule has 0 bridgehead atoms. The van der Waals surface area contributed by atoms with Crippen molar-refractivity contribution in [2.75, 3.05) is 19.0 Å². The maximum absolute atomic E-state index is 11.6. The summed E-state index contributed by atoms with van der Waals surface area (Å²) in [5.41, 5.74) is 0.827. The van der Waals surface area contributed by atoms with Gasteiger partial charge in [-0.15, -0.1) is 0 Å². The lowest BCUT2D eigenvalue weighted by Gasteiger charge is -2.05. The van der Waals surface area contributed by atoms with Crippen molar-refractivity contribution in [3.05, 3.63) is 10.6 Å². The van der Waals surface area contributed by atoms with E-state index in [1.807, 2.05) is 0 Å². The Morgan fingerprint density at radius 3 is 3.06 bits per heavy atom. The molecule has 2 rings (SSSR count). The summed E-state index contributed by atoms with van der Waals surface area (Å²) in [7, 11) is 1.55. The Bertz CT molecular complexity index is 442. The van der Waals surface area contributed by atoms with Crippen molar-refractivity contribution in [2.24, 2.45) is 0 Å². The van der Waals surface area contributed by atoms with Crippen LogP contribution in [0.25, 0.3) is 0 Å². The van der Waals surface area contributed by atoms with E-state index in [4.69, 9.17) is 4.74 Å². The first-order chi connectivity index (χ1) is 8.20. The van der Waals surface area contributed by atoms with Gasteiger partial charge in [0.15, 0.2) is 10.9 Å². The van der Waals surface area contributed by atoms with Crippen molar-refractivity contribution < 1.29 is 14.3 Å². The molecule has 17 heavy (non-hydrogen) atoms. The number of ketones is 1. The second-order valence-electron chi connectivity index (χ2n) is 3.86. The molecule has 0 aromatic carbocycles. The van der Waals surface area contributed by atoms with Gasteiger partial charge in [-0.1, -0.05) is 11.3 Å². The molecular weight excluding hydrogens is 240 g/mol. The Kier molecular flexibility index (Phi) is 3.86. The van der Waals surface area contributed by atoms with Crippen molar-refractivity contribution in [1.82, 2.24) is 4.98 Å². The van der Waals surface area contributed by atoms with Gasteiger partial charge >= 0.3 is 0 Å². The molecule has 0 spiro atoms. The summed E-state index contributed by atoms with van der Waals surface area (Å²) in [6, 6.07) is 0. The average molecular weight is 254 g/mol. The van der Waals surface area contributed by atoms with Crippen LogP contribution in [0.2, 0.25) is 0 Å². The number of carbonyl (C=O) groups is 2. The lowest BCUT2D eigenvalue weighted by molar-refractivity contribution is -0.117. The fourth-order valence-corrected chi connectivity index (χ4v) is 2.69. The number of aryl methyl sites for hydroxylation is 1. The molecule has 0 aliphatic heterocycles. The van der Waals surface area contributed by atoms with Crippen LogP contribution in [0.4, 0.5) is 5.13 Å². The Balaban J connectivity index is 2.03.